The van der Waals surface area contributed by atoms with Gasteiger partial charge in [0.25, 0.3) is 0 Å². The van der Waals surface area contributed by atoms with E-state index in [-0.39, 0.29) is 23.3 Å². The van der Waals surface area contributed by atoms with Gasteiger partial charge < -0.3 is 9.47 Å². The van der Waals surface area contributed by atoms with Gasteiger partial charge in [0.05, 0.1) is 36.0 Å². The molecule has 1 fully saturated rings. The molecule has 3 atom stereocenters. The highest BCUT2D eigenvalue weighted by Gasteiger charge is 2.37. The Labute approximate surface area is 220 Å². The molecule has 1 N–H and O–H groups in total. The summed E-state index contributed by atoms with van der Waals surface area (Å²) in [6.45, 7) is 3.22. The molecule has 0 spiro atoms. The first kappa shape index (κ1) is 27.1. The minimum atomic E-state index is -4.06. The molecule has 0 bridgehead atoms. The standard InChI is InChI=1S/C22H27ClN6O6S2/c1-13(20-24-10-16(23)11-25-20)14(2)37(32,33)28-22-27-26-21(15-8-9-36(30,31)12-15)29(22)19-17(34-3)6-5-7-18(19)35-4/h5-7,10-11,13-15H,8-9,12H2,1-4H3,(H,27,28)/t13-,14-,15+/m0/s1. The zero-order valence-corrected chi connectivity index (χ0v) is 23.0. The number of rotatable bonds is 9. The molecule has 3 heterocycles. The maximum Gasteiger partial charge on any atom is 0.243 e. The molecule has 0 amide bonds. The van der Waals surface area contributed by atoms with Crippen molar-refractivity contribution < 1.29 is 26.3 Å². The summed E-state index contributed by atoms with van der Waals surface area (Å²) < 4.78 is 66.4. The predicted molar refractivity (Wildman–Crippen MR) is 138 cm³/mol. The molecule has 0 radical (unpaired) electrons. The zero-order valence-electron chi connectivity index (χ0n) is 20.6. The fraction of sp³-hybridized carbons (Fsp3) is 0.455. The maximum absolute atomic E-state index is 13.5. The zero-order chi connectivity index (χ0) is 27.0. The Balaban J connectivity index is 1.79. The number of nitrogens with one attached hydrogen (secondary N) is 1. The molecule has 1 aromatic carbocycles. The van der Waals surface area contributed by atoms with Gasteiger partial charge in [-0.3, -0.25) is 9.29 Å². The van der Waals surface area contributed by atoms with Crippen LogP contribution in [0.15, 0.2) is 30.6 Å². The maximum atomic E-state index is 13.5. The third-order valence-electron chi connectivity index (χ3n) is 6.39. The fourth-order valence-electron chi connectivity index (χ4n) is 4.15. The average Bonchev–Trinajstić information content (AvgIpc) is 3.44. The van der Waals surface area contributed by atoms with Crippen LogP contribution in [0.4, 0.5) is 5.95 Å². The van der Waals surface area contributed by atoms with E-state index in [0.29, 0.717) is 34.5 Å². The summed E-state index contributed by atoms with van der Waals surface area (Å²) in [5.41, 5.74) is 0.344. The lowest BCUT2D eigenvalue weighted by Crippen LogP contribution is -2.31. The average molecular weight is 571 g/mol. The summed E-state index contributed by atoms with van der Waals surface area (Å²) in [7, 11) is -4.40. The number of sulfonamides is 1. The summed E-state index contributed by atoms with van der Waals surface area (Å²) in [5.74, 6) is -0.0274. The largest absolute Gasteiger partial charge is 0.494 e. The van der Waals surface area contributed by atoms with Crippen molar-refractivity contribution in [1.82, 2.24) is 24.7 Å². The molecule has 15 heteroatoms. The molecular formula is C22H27ClN6O6S2. The molecule has 3 aromatic rings. The third-order valence-corrected chi connectivity index (χ3v) is 10.2. The summed E-state index contributed by atoms with van der Waals surface area (Å²) in [5, 5.41) is 7.69. The first-order chi connectivity index (χ1) is 17.5. The number of sulfone groups is 1. The Bertz CT molecular complexity index is 1470. The van der Waals surface area contributed by atoms with Crippen LogP contribution >= 0.6 is 11.6 Å². The van der Waals surface area contributed by atoms with Crippen molar-refractivity contribution in [3.63, 3.8) is 0 Å². The Morgan fingerprint density at radius 3 is 2.27 bits per heavy atom. The van der Waals surface area contributed by atoms with Crippen molar-refractivity contribution in [3.05, 3.63) is 47.3 Å². The van der Waals surface area contributed by atoms with Crippen LogP contribution in [0.25, 0.3) is 5.69 Å². The first-order valence-electron chi connectivity index (χ1n) is 11.3. The predicted octanol–water partition coefficient (Wildman–Crippen LogP) is 2.56. The van der Waals surface area contributed by atoms with Crippen LogP contribution in [0.2, 0.25) is 5.02 Å². The SMILES string of the molecule is COc1cccc(OC)c1-n1c(NS(=O)(=O)[C@@H](C)[C@H](C)c2ncc(Cl)cn2)nnc1[C@@H]1CCS(=O)(=O)C1. The molecule has 200 valence electrons. The lowest BCUT2D eigenvalue weighted by Gasteiger charge is -2.22. The van der Waals surface area contributed by atoms with Gasteiger partial charge in [0, 0.05) is 24.2 Å². The van der Waals surface area contributed by atoms with Crippen molar-refractivity contribution in [1.29, 1.82) is 0 Å². The molecule has 1 saturated heterocycles. The van der Waals surface area contributed by atoms with E-state index in [4.69, 9.17) is 21.1 Å². The quantitative estimate of drug-likeness (QED) is 0.405. The Kier molecular flexibility index (Phi) is 7.62. The highest BCUT2D eigenvalue weighted by molar-refractivity contribution is 7.93. The van der Waals surface area contributed by atoms with Gasteiger partial charge in [-0.05, 0) is 25.5 Å². The van der Waals surface area contributed by atoms with Gasteiger partial charge >= 0.3 is 0 Å². The van der Waals surface area contributed by atoms with E-state index < -0.39 is 36.9 Å². The van der Waals surface area contributed by atoms with Crippen molar-refractivity contribution in [2.45, 2.75) is 37.4 Å². The lowest BCUT2D eigenvalue weighted by atomic mass is 10.1. The fourth-order valence-corrected chi connectivity index (χ4v) is 7.22. The minimum Gasteiger partial charge on any atom is -0.494 e. The molecule has 0 unspecified atom stereocenters. The molecule has 37 heavy (non-hydrogen) atoms. The Morgan fingerprint density at radius 1 is 1.11 bits per heavy atom. The smallest absolute Gasteiger partial charge is 0.243 e. The van der Waals surface area contributed by atoms with Gasteiger partial charge in [-0.2, -0.15) is 0 Å². The summed E-state index contributed by atoms with van der Waals surface area (Å²) in [6.07, 6.45) is 3.13. The van der Waals surface area contributed by atoms with Gasteiger partial charge in [0.1, 0.15) is 28.8 Å². The van der Waals surface area contributed by atoms with E-state index >= 15 is 0 Å². The second kappa shape index (κ2) is 10.4. The van der Waals surface area contributed by atoms with Gasteiger partial charge in [-0.15, -0.1) is 10.2 Å². The van der Waals surface area contributed by atoms with Crippen LogP contribution in [0.5, 0.6) is 11.5 Å². The van der Waals surface area contributed by atoms with Crippen LogP contribution < -0.4 is 14.2 Å². The highest BCUT2D eigenvalue weighted by atomic mass is 35.5. The van der Waals surface area contributed by atoms with Crippen molar-refractivity contribution >= 4 is 37.4 Å². The molecule has 4 rings (SSSR count). The summed E-state index contributed by atoms with van der Waals surface area (Å²) >= 11 is 5.86. The normalized spacial score (nSPS) is 18.8. The molecule has 1 aliphatic heterocycles. The number of methoxy groups -OCH3 is 2. The van der Waals surface area contributed by atoms with E-state index in [9.17, 15) is 16.8 Å². The van der Waals surface area contributed by atoms with Crippen LogP contribution in [0.3, 0.4) is 0 Å². The minimum absolute atomic E-state index is 0.00425. The number of benzene rings is 1. The van der Waals surface area contributed by atoms with E-state index in [1.807, 2.05) is 0 Å². The van der Waals surface area contributed by atoms with Crippen molar-refractivity contribution in [3.8, 4) is 17.2 Å². The lowest BCUT2D eigenvalue weighted by molar-refractivity contribution is 0.390. The summed E-state index contributed by atoms with van der Waals surface area (Å²) in [6, 6.07) is 5.06. The van der Waals surface area contributed by atoms with Gasteiger partial charge in [0.2, 0.25) is 16.0 Å². The summed E-state index contributed by atoms with van der Waals surface area (Å²) in [4.78, 5) is 8.28. The van der Waals surface area contributed by atoms with Crippen LogP contribution in [-0.2, 0) is 19.9 Å². The van der Waals surface area contributed by atoms with Gasteiger partial charge in [-0.25, -0.2) is 26.8 Å². The second-order valence-corrected chi connectivity index (χ2v) is 13.4. The number of ether oxygens (including phenoxy) is 2. The molecular weight excluding hydrogens is 544 g/mol. The molecule has 2 aromatic heterocycles. The number of para-hydroxylation sites is 1. The second-order valence-electron chi connectivity index (χ2n) is 8.73. The molecule has 1 aliphatic rings. The third kappa shape index (κ3) is 5.50. The van der Waals surface area contributed by atoms with Gasteiger partial charge in [0.15, 0.2) is 9.84 Å². The number of hydrogen-bond acceptors (Lipinski definition) is 10. The number of hydrogen-bond donors (Lipinski definition) is 1. The van der Waals surface area contributed by atoms with E-state index in [2.05, 4.69) is 24.9 Å². The topological polar surface area (TPSA) is 155 Å². The number of halogens is 1. The number of nitrogens with zero attached hydrogens (tertiary/aromatic N) is 5. The van der Waals surface area contributed by atoms with Crippen LogP contribution in [-0.4, -0.2) is 72.5 Å². The van der Waals surface area contributed by atoms with E-state index in [1.165, 1.54) is 38.1 Å². The Morgan fingerprint density at radius 2 is 1.73 bits per heavy atom. The molecule has 12 nitrogen and oxygen atoms in total. The van der Waals surface area contributed by atoms with Gasteiger partial charge in [-0.1, -0.05) is 24.6 Å². The van der Waals surface area contributed by atoms with E-state index in [1.54, 1.807) is 25.1 Å². The first-order valence-corrected chi connectivity index (χ1v) is 15.1. The highest BCUT2D eigenvalue weighted by Crippen LogP contribution is 2.39. The van der Waals surface area contributed by atoms with Crippen molar-refractivity contribution in [2.24, 2.45) is 0 Å². The monoisotopic (exact) mass is 570 g/mol. The van der Waals surface area contributed by atoms with Crippen LogP contribution in [0, 0.1) is 0 Å². The molecule has 0 saturated carbocycles. The van der Waals surface area contributed by atoms with Crippen LogP contribution in [0.1, 0.15) is 43.8 Å². The molecule has 0 aliphatic carbocycles. The number of anilines is 1. The number of aromatic nitrogens is 5. The van der Waals surface area contributed by atoms with E-state index in [0.717, 1.165) is 0 Å². The Hall–Kier alpha value is -2.97. The van der Waals surface area contributed by atoms with Crippen molar-refractivity contribution in [2.75, 3.05) is 30.4 Å².